The number of benzene rings is 1. The fraction of sp³-hybridized carbons (Fsp3) is 0.160. The molecule has 1 aromatic carbocycles. The first-order valence-electron chi connectivity index (χ1n) is 10.2. The third-order valence-electron chi connectivity index (χ3n) is 5.52. The van der Waals surface area contributed by atoms with Crippen molar-refractivity contribution in [3.63, 3.8) is 0 Å². The number of anilines is 1. The summed E-state index contributed by atoms with van der Waals surface area (Å²) in [5.74, 6) is 1.68. The summed E-state index contributed by atoms with van der Waals surface area (Å²) in [6.07, 6.45) is 9.02. The Morgan fingerprint density at radius 1 is 1.03 bits per heavy atom. The topological polar surface area (TPSA) is 67.1 Å². The van der Waals surface area contributed by atoms with Gasteiger partial charge in [-0.15, -0.1) is 0 Å². The first kappa shape index (κ1) is 19.1. The Balaban J connectivity index is 1.34. The molecule has 0 atom stereocenters. The van der Waals surface area contributed by atoms with Gasteiger partial charge in [-0.2, -0.15) is 0 Å². The average molecular weight is 409 g/mol. The van der Waals surface area contributed by atoms with Crippen LogP contribution in [-0.2, 0) is 13.1 Å². The molecule has 0 unspecified atom stereocenters. The van der Waals surface area contributed by atoms with E-state index in [1.807, 2.05) is 38.5 Å². The second-order valence-electron chi connectivity index (χ2n) is 7.72. The predicted octanol–water partition coefficient (Wildman–Crippen LogP) is 5.00. The van der Waals surface area contributed by atoms with Crippen LogP contribution in [0.25, 0.3) is 22.9 Å². The van der Waals surface area contributed by atoms with E-state index in [2.05, 4.69) is 61.6 Å². The van der Waals surface area contributed by atoms with Gasteiger partial charge in [0.1, 0.15) is 5.82 Å². The molecule has 0 fully saturated rings. The number of pyridine rings is 2. The van der Waals surface area contributed by atoms with Gasteiger partial charge in [-0.25, -0.2) is 9.97 Å². The summed E-state index contributed by atoms with van der Waals surface area (Å²) in [7, 11) is 2.05. The summed E-state index contributed by atoms with van der Waals surface area (Å²) in [4.78, 5) is 15.1. The van der Waals surface area contributed by atoms with Crippen LogP contribution >= 0.6 is 0 Å². The van der Waals surface area contributed by atoms with E-state index in [0.29, 0.717) is 6.54 Å². The van der Waals surface area contributed by atoms with Crippen LogP contribution in [0.5, 0.6) is 0 Å². The van der Waals surface area contributed by atoms with Gasteiger partial charge < -0.3 is 14.6 Å². The number of aryl methyl sites for hydroxylation is 1. The van der Waals surface area contributed by atoms with Crippen LogP contribution in [0.2, 0.25) is 0 Å². The number of aromatic nitrogens is 3. The third kappa shape index (κ3) is 3.92. The van der Waals surface area contributed by atoms with E-state index in [4.69, 9.17) is 4.42 Å². The van der Waals surface area contributed by atoms with Crippen molar-refractivity contribution in [1.29, 1.82) is 0 Å². The van der Waals surface area contributed by atoms with Crippen molar-refractivity contribution in [1.82, 2.24) is 19.9 Å². The maximum absolute atomic E-state index is 5.49. The van der Waals surface area contributed by atoms with Crippen molar-refractivity contribution in [2.75, 3.05) is 12.4 Å². The standard InChI is InChI=1S/C25H23N5O/c1-17-11-20(7-9-27-17)19-5-3-18(4-6-19)13-29-25-22-15-30(2)23(24-14-26-16-31-24)12-21(22)8-10-28-25/h3-12,14,16H,13,15H2,1-2H3,(H,28,29). The lowest BCUT2D eigenvalue weighted by Crippen LogP contribution is -2.21. The van der Waals surface area contributed by atoms with E-state index >= 15 is 0 Å². The number of hydrogen-bond donors (Lipinski definition) is 1. The number of hydrogen-bond acceptors (Lipinski definition) is 6. The molecule has 1 N–H and O–H groups in total. The Morgan fingerprint density at radius 2 is 1.87 bits per heavy atom. The van der Waals surface area contributed by atoms with Crippen molar-refractivity contribution in [2.45, 2.75) is 20.0 Å². The second-order valence-corrected chi connectivity index (χ2v) is 7.72. The Kier molecular flexibility index (Phi) is 4.96. The first-order chi connectivity index (χ1) is 15.2. The molecule has 31 heavy (non-hydrogen) atoms. The molecule has 0 bridgehead atoms. The lowest BCUT2D eigenvalue weighted by molar-refractivity contribution is 0.443. The molecule has 0 spiro atoms. The molecule has 154 valence electrons. The molecule has 6 nitrogen and oxygen atoms in total. The Hall–Kier alpha value is -3.93. The van der Waals surface area contributed by atoms with E-state index in [0.717, 1.165) is 35.1 Å². The van der Waals surface area contributed by atoms with Gasteiger partial charge in [0, 0.05) is 43.8 Å². The number of rotatable bonds is 5. The zero-order valence-electron chi connectivity index (χ0n) is 17.5. The molecule has 1 aliphatic rings. The van der Waals surface area contributed by atoms with Gasteiger partial charge in [-0.1, -0.05) is 24.3 Å². The summed E-state index contributed by atoms with van der Waals surface area (Å²) in [5, 5.41) is 3.51. The normalized spacial score (nSPS) is 13.0. The van der Waals surface area contributed by atoms with Crippen LogP contribution in [0, 0.1) is 6.92 Å². The first-order valence-corrected chi connectivity index (χ1v) is 10.2. The van der Waals surface area contributed by atoms with Crippen LogP contribution in [0.15, 0.2) is 71.9 Å². The second kappa shape index (κ2) is 8.07. The number of oxazole rings is 1. The SMILES string of the molecule is Cc1cc(-c2ccc(CNc3nccc4c3CN(C)C(c3cnco3)=C4)cc2)ccn1. The molecular formula is C25H23N5O. The van der Waals surface area contributed by atoms with E-state index in [1.165, 1.54) is 28.6 Å². The quantitative estimate of drug-likeness (QED) is 0.501. The van der Waals surface area contributed by atoms with Crippen LogP contribution < -0.4 is 5.32 Å². The maximum Gasteiger partial charge on any atom is 0.181 e. The third-order valence-corrected chi connectivity index (χ3v) is 5.52. The maximum atomic E-state index is 5.49. The minimum Gasteiger partial charge on any atom is -0.442 e. The molecule has 0 radical (unpaired) electrons. The van der Waals surface area contributed by atoms with Gasteiger partial charge in [-0.05, 0) is 53.5 Å². The summed E-state index contributed by atoms with van der Waals surface area (Å²) >= 11 is 0. The van der Waals surface area contributed by atoms with E-state index < -0.39 is 0 Å². The van der Waals surface area contributed by atoms with E-state index in [9.17, 15) is 0 Å². The highest BCUT2D eigenvalue weighted by molar-refractivity contribution is 5.82. The van der Waals surface area contributed by atoms with Crippen molar-refractivity contribution in [2.24, 2.45) is 0 Å². The smallest absolute Gasteiger partial charge is 0.181 e. The fourth-order valence-corrected chi connectivity index (χ4v) is 3.87. The largest absolute Gasteiger partial charge is 0.442 e. The monoisotopic (exact) mass is 409 g/mol. The average Bonchev–Trinajstić information content (AvgIpc) is 3.32. The van der Waals surface area contributed by atoms with Crippen LogP contribution in [-0.4, -0.2) is 26.9 Å². The summed E-state index contributed by atoms with van der Waals surface area (Å²) in [5.41, 5.74) is 7.94. The van der Waals surface area contributed by atoms with Crippen molar-refractivity contribution in [3.05, 3.63) is 95.6 Å². The molecule has 1 aliphatic heterocycles. The fourth-order valence-electron chi connectivity index (χ4n) is 3.87. The van der Waals surface area contributed by atoms with Gasteiger partial charge in [0.05, 0.1) is 11.9 Å². The summed E-state index contributed by atoms with van der Waals surface area (Å²) < 4.78 is 5.49. The molecule has 0 aliphatic carbocycles. The van der Waals surface area contributed by atoms with Crippen LogP contribution in [0.1, 0.15) is 28.1 Å². The molecule has 0 saturated heterocycles. The van der Waals surface area contributed by atoms with Crippen molar-refractivity contribution >= 4 is 17.6 Å². The Morgan fingerprint density at radius 3 is 2.65 bits per heavy atom. The zero-order valence-corrected chi connectivity index (χ0v) is 17.5. The van der Waals surface area contributed by atoms with Crippen molar-refractivity contribution in [3.8, 4) is 11.1 Å². The highest BCUT2D eigenvalue weighted by Crippen LogP contribution is 2.32. The van der Waals surface area contributed by atoms with Crippen LogP contribution in [0.3, 0.4) is 0 Å². The number of nitrogens with zero attached hydrogens (tertiary/aromatic N) is 4. The molecule has 4 aromatic rings. The molecule has 0 saturated carbocycles. The summed E-state index contributed by atoms with van der Waals surface area (Å²) in [6, 6.07) is 14.8. The molecule has 3 aromatic heterocycles. The lowest BCUT2D eigenvalue weighted by Gasteiger charge is -2.28. The van der Waals surface area contributed by atoms with Gasteiger partial charge in [0.25, 0.3) is 0 Å². The molecule has 6 heteroatoms. The minimum absolute atomic E-state index is 0.710. The predicted molar refractivity (Wildman–Crippen MR) is 122 cm³/mol. The Labute approximate surface area is 181 Å². The molecule has 0 amide bonds. The Bertz CT molecular complexity index is 1230. The molecular weight excluding hydrogens is 386 g/mol. The number of fused-ring (bicyclic) bond motifs is 1. The zero-order chi connectivity index (χ0) is 21.2. The van der Waals surface area contributed by atoms with Gasteiger partial charge in [0.2, 0.25) is 0 Å². The van der Waals surface area contributed by atoms with Gasteiger partial charge in [-0.3, -0.25) is 4.98 Å². The minimum atomic E-state index is 0.710. The highest BCUT2D eigenvalue weighted by Gasteiger charge is 2.21. The van der Waals surface area contributed by atoms with Gasteiger partial charge in [0.15, 0.2) is 12.2 Å². The molecule has 5 rings (SSSR count). The van der Waals surface area contributed by atoms with E-state index in [1.54, 1.807) is 6.20 Å². The van der Waals surface area contributed by atoms with E-state index in [-0.39, 0.29) is 0 Å². The summed E-state index contributed by atoms with van der Waals surface area (Å²) in [6.45, 7) is 3.47. The van der Waals surface area contributed by atoms with Crippen LogP contribution in [0.4, 0.5) is 5.82 Å². The number of nitrogens with one attached hydrogen (secondary N) is 1. The lowest BCUT2D eigenvalue weighted by atomic mass is 10.0. The van der Waals surface area contributed by atoms with Crippen molar-refractivity contribution < 1.29 is 4.42 Å². The highest BCUT2D eigenvalue weighted by atomic mass is 16.3. The molecule has 4 heterocycles. The van der Waals surface area contributed by atoms with Gasteiger partial charge >= 0.3 is 0 Å².